The first-order valence-electron chi connectivity index (χ1n) is 14.0. The van der Waals surface area contributed by atoms with Crippen molar-refractivity contribution in [3.63, 3.8) is 0 Å². The van der Waals surface area contributed by atoms with Crippen LogP contribution in [0.15, 0.2) is 24.5 Å². The van der Waals surface area contributed by atoms with Crippen LogP contribution in [-0.2, 0) is 4.79 Å². The molecule has 3 nitrogen and oxygen atoms in total. The lowest BCUT2D eigenvalue weighted by Gasteiger charge is -2.72. The molecule has 5 rings (SSSR count). The van der Waals surface area contributed by atoms with E-state index in [4.69, 9.17) is 0 Å². The zero-order chi connectivity index (χ0) is 24.9. The second-order valence-corrected chi connectivity index (χ2v) is 14.3. The lowest BCUT2D eigenvalue weighted by Crippen LogP contribution is -2.67. The van der Waals surface area contributed by atoms with Crippen LogP contribution in [0.25, 0.3) is 0 Å². The van der Waals surface area contributed by atoms with Gasteiger partial charge in [0, 0.05) is 11.8 Å². The van der Waals surface area contributed by atoms with Gasteiger partial charge in [0.2, 0.25) is 0 Å². The molecule has 5 aliphatic rings. The molecule has 3 heteroatoms. The normalized spacial score (nSPS) is 54.4. The van der Waals surface area contributed by atoms with E-state index in [1.807, 2.05) is 6.92 Å². The number of rotatable bonds is 3. The SMILES string of the molecule is C=C(C)[C@@H]1CC[C@]2(C(=C)O)CC[C@]3(C)C(CCC4[C@@]5(C)CCC(=O)[C@@](C)(CO)[C@@H]5CC[C@]43C)C12. The van der Waals surface area contributed by atoms with Crippen molar-refractivity contribution >= 4 is 5.78 Å². The van der Waals surface area contributed by atoms with Gasteiger partial charge in [0.05, 0.1) is 17.8 Å². The fourth-order valence-corrected chi connectivity index (χ4v) is 11.5. The van der Waals surface area contributed by atoms with Gasteiger partial charge in [-0.05, 0) is 111 Å². The van der Waals surface area contributed by atoms with E-state index in [-0.39, 0.29) is 40.0 Å². The molecule has 3 unspecified atom stereocenters. The molecule has 10 atom stereocenters. The predicted molar refractivity (Wildman–Crippen MR) is 137 cm³/mol. The maximum atomic E-state index is 13.0. The third kappa shape index (κ3) is 2.72. The summed E-state index contributed by atoms with van der Waals surface area (Å²) in [5, 5.41) is 21.3. The summed E-state index contributed by atoms with van der Waals surface area (Å²) in [5.74, 6) is 3.05. The van der Waals surface area contributed by atoms with Crippen LogP contribution in [0, 0.1) is 56.7 Å². The van der Waals surface area contributed by atoms with Gasteiger partial charge < -0.3 is 10.2 Å². The summed E-state index contributed by atoms with van der Waals surface area (Å²) in [6, 6.07) is 0. The van der Waals surface area contributed by atoms with Crippen LogP contribution in [0.5, 0.6) is 0 Å². The Morgan fingerprint density at radius 3 is 2.24 bits per heavy atom. The molecule has 0 bridgehead atoms. The Kier molecular flexibility index (Phi) is 5.40. The van der Waals surface area contributed by atoms with Crippen molar-refractivity contribution in [3.05, 3.63) is 24.5 Å². The Labute approximate surface area is 207 Å². The molecule has 0 amide bonds. The van der Waals surface area contributed by atoms with E-state index in [9.17, 15) is 15.0 Å². The summed E-state index contributed by atoms with van der Waals surface area (Å²) in [7, 11) is 0. The van der Waals surface area contributed by atoms with Crippen LogP contribution in [-0.4, -0.2) is 22.6 Å². The summed E-state index contributed by atoms with van der Waals surface area (Å²) in [6.45, 7) is 20.4. The molecule has 5 saturated carbocycles. The number of hydrogen-bond acceptors (Lipinski definition) is 3. The molecule has 0 aromatic carbocycles. The molecule has 0 heterocycles. The lowest BCUT2D eigenvalue weighted by atomic mass is 9.32. The maximum absolute atomic E-state index is 13.0. The minimum atomic E-state index is -0.584. The first kappa shape index (κ1) is 24.6. The quantitative estimate of drug-likeness (QED) is 0.338. The molecule has 2 N–H and O–H groups in total. The standard InChI is InChI=1S/C31H48O3/c1-19(2)21-10-15-31(20(3)33)17-16-29(6)22(26(21)31)8-9-24-27(4)13-12-25(34)28(5,18-32)23(27)11-14-30(24,29)7/h21-24,26,32-33H,1,3,8-18H2,2,4-7H3/t21-,22?,23+,24?,26?,27-,28-,29+,30+,31+/m0/s1. The monoisotopic (exact) mass is 468 g/mol. The largest absolute Gasteiger partial charge is 0.512 e. The summed E-state index contributed by atoms with van der Waals surface area (Å²) in [5.41, 5.74) is 1.09. The van der Waals surface area contributed by atoms with Gasteiger partial charge in [0.15, 0.2) is 0 Å². The van der Waals surface area contributed by atoms with Crippen LogP contribution in [0.1, 0.15) is 98.8 Å². The zero-order valence-electron chi connectivity index (χ0n) is 22.4. The fraction of sp³-hybridized carbons (Fsp3) is 0.839. The Morgan fingerprint density at radius 2 is 1.62 bits per heavy atom. The van der Waals surface area contributed by atoms with Gasteiger partial charge >= 0.3 is 0 Å². The van der Waals surface area contributed by atoms with Crippen molar-refractivity contribution in [2.45, 2.75) is 98.8 Å². The van der Waals surface area contributed by atoms with Gasteiger partial charge in [-0.15, -0.1) is 0 Å². The van der Waals surface area contributed by atoms with Crippen molar-refractivity contribution < 1.29 is 15.0 Å². The molecule has 0 spiro atoms. The summed E-state index contributed by atoms with van der Waals surface area (Å²) < 4.78 is 0. The second kappa shape index (κ2) is 7.46. The minimum absolute atomic E-state index is 0.0150. The van der Waals surface area contributed by atoms with E-state index in [1.165, 1.54) is 18.4 Å². The molecule has 0 aromatic rings. The lowest BCUT2D eigenvalue weighted by molar-refractivity contribution is -0.236. The van der Waals surface area contributed by atoms with Crippen molar-refractivity contribution in [2.75, 3.05) is 6.61 Å². The molecular weight excluding hydrogens is 420 g/mol. The smallest absolute Gasteiger partial charge is 0.141 e. The summed E-state index contributed by atoms with van der Waals surface area (Å²) in [4.78, 5) is 13.0. The van der Waals surface area contributed by atoms with E-state index in [0.717, 1.165) is 44.9 Å². The molecule has 0 radical (unpaired) electrons. The maximum Gasteiger partial charge on any atom is 0.141 e. The average Bonchev–Trinajstić information content (AvgIpc) is 3.18. The molecule has 0 aromatic heterocycles. The van der Waals surface area contributed by atoms with Crippen molar-refractivity contribution in [1.29, 1.82) is 0 Å². The topological polar surface area (TPSA) is 57.5 Å². The minimum Gasteiger partial charge on any atom is -0.512 e. The Bertz CT molecular complexity index is 922. The highest BCUT2D eigenvalue weighted by atomic mass is 16.3. The van der Waals surface area contributed by atoms with Crippen LogP contribution in [0.2, 0.25) is 0 Å². The van der Waals surface area contributed by atoms with E-state index in [2.05, 4.69) is 40.9 Å². The van der Waals surface area contributed by atoms with Gasteiger partial charge in [-0.2, -0.15) is 0 Å². The third-order valence-corrected chi connectivity index (χ3v) is 13.5. The summed E-state index contributed by atoms with van der Waals surface area (Å²) in [6.07, 6.45) is 10.6. The van der Waals surface area contributed by atoms with Crippen LogP contribution >= 0.6 is 0 Å². The Morgan fingerprint density at radius 1 is 0.912 bits per heavy atom. The van der Waals surface area contributed by atoms with E-state index >= 15 is 0 Å². The zero-order valence-corrected chi connectivity index (χ0v) is 22.4. The molecule has 5 fully saturated rings. The van der Waals surface area contributed by atoms with Crippen LogP contribution in [0.4, 0.5) is 0 Å². The van der Waals surface area contributed by atoms with Crippen LogP contribution in [0.3, 0.4) is 0 Å². The van der Waals surface area contributed by atoms with E-state index in [0.29, 0.717) is 35.9 Å². The summed E-state index contributed by atoms with van der Waals surface area (Å²) >= 11 is 0. The van der Waals surface area contributed by atoms with Gasteiger partial charge in [-0.25, -0.2) is 0 Å². The van der Waals surface area contributed by atoms with Crippen molar-refractivity contribution in [1.82, 2.24) is 0 Å². The molecular formula is C31H48O3. The first-order valence-corrected chi connectivity index (χ1v) is 14.0. The Balaban J connectivity index is 1.57. The molecule has 190 valence electrons. The number of hydrogen-bond donors (Lipinski definition) is 2. The number of aliphatic hydroxyl groups is 2. The highest BCUT2D eigenvalue weighted by Gasteiger charge is 2.71. The number of Topliss-reactive ketones (excluding diaryl/α,β-unsaturated/α-hetero) is 1. The highest BCUT2D eigenvalue weighted by Crippen LogP contribution is 2.77. The van der Waals surface area contributed by atoms with E-state index < -0.39 is 5.41 Å². The van der Waals surface area contributed by atoms with Crippen molar-refractivity contribution in [3.8, 4) is 0 Å². The van der Waals surface area contributed by atoms with E-state index in [1.54, 1.807) is 0 Å². The molecule has 0 saturated heterocycles. The molecule has 5 aliphatic carbocycles. The predicted octanol–water partition coefficient (Wildman–Crippen LogP) is 7.26. The number of ketones is 1. The van der Waals surface area contributed by atoms with Gasteiger partial charge in [-0.1, -0.05) is 46.4 Å². The van der Waals surface area contributed by atoms with Gasteiger partial charge in [0.25, 0.3) is 0 Å². The third-order valence-electron chi connectivity index (χ3n) is 13.5. The van der Waals surface area contributed by atoms with Crippen molar-refractivity contribution in [2.24, 2.45) is 56.7 Å². The first-order chi connectivity index (χ1) is 15.8. The fourth-order valence-electron chi connectivity index (χ4n) is 11.5. The van der Waals surface area contributed by atoms with Crippen LogP contribution < -0.4 is 0 Å². The van der Waals surface area contributed by atoms with Gasteiger partial charge in [-0.3, -0.25) is 4.79 Å². The number of carbonyl (C=O) groups is 1. The van der Waals surface area contributed by atoms with Gasteiger partial charge in [0.1, 0.15) is 5.78 Å². The highest BCUT2D eigenvalue weighted by molar-refractivity contribution is 5.86. The average molecular weight is 469 g/mol. The number of carbonyl (C=O) groups excluding carboxylic acids is 1. The number of allylic oxidation sites excluding steroid dienone is 2. The number of aliphatic hydroxyl groups excluding tert-OH is 2. The number of fused-ring (bicyclic) bond motifs is 7. The molecule has 0 aliphatic heterocycles. The second-order valence-electron chi connectivity index (χ2n) is 14.3. The Hall–Kier alpha value is -1.09. The molecule has 34 heavy (non-hydrogen) atoms.